The van der Waals surface area contributed by atoms with E-state index in [0.29, 0.717) is 12.6 Å². The van der Waals surface area contributed by atoms with Gasteiger partial charge in [-0.3, -0.25) is 4.68 Å². The zero-order valence-electron chi connectivity index (χ0n) is 11.7. The number of hydrogen-bond acceptors (Lipinski definition) is 3. The third-order valence-corrected chi connectivity index (χ3v) is 2.33. The summed E-state index contributed by atoms with van der Waals surface area (Å²) in [5.41, 5.74) is 1.12. The maximum atomic E-state index is 5.70. The monoisotopic (exact) mass is 239 g/mol. The molecule has 0 aromatic carbocycles. The van der Waals surface area contributed by atoms with Gasteiger partial charge in [0.05, 0.1) is 24.4 Å². The van der Waals surface area contributed by atoms with E-state index in [-0.39, 0.29) is 5.60 Å². The van der Waals surface area contributed by atoms with Gasteiger partial charge in [-0.25, -0.2) is 0 Å². The van der Waals surface area contributed by atoms with Gasteiger partial charge in [-0.1, -0.05) is 13.8 Å². The van der Waals surface area contributed by atoms with Crippen molar-refractivity contribution in [1.82, 2.24) is 15.1 Å². The number of nitrogens with zero attached hydrogens (tertiary/aromatic N) is 2. The molecule has 0 unspecified atom stereocenters. The van der Waals surface area contributed by atoms with Gasteiger partial charge in [-0.2, -0.15) is 5.10 Å². The summed E-state index contributed by atoms with van der Waals surface area (Å²) in [7, 11) is 0. The summed E-state index contributed by atoms with van der Waals surface area (Å²) in [5.74, 6) is 0. The Morgan fingerprint density at radius 1 is 1.41 bits per heavy atom. The molecule has 1 aromatic rings. The molecule has 0 saturated heterocycles. The van der Waals surface area contributed by atoms with Crippen LogP contribution in [-0.2, 0) is 17.8 Å². The first-order chi connectivity index (χ1) is 7.88. The summed E-state index contributed by atoms with van der Waals surface area (Å²) in [6.07, 6.45) is 1.84. The first-order valence-corrected chi connectivity index (χ1v) is 6.26. The molecular formula is C13H25N3O. The highest BCUT2D eigenvalue weighted by atomic mass is 16.5. The minimum Gasteiger partial charge on any atom is -0.374 e. The van der Waals surface area contributed by atoms with E-state index in [1.54, 1.807) is 0 Å². The number of rotatable bonds is 6. The van der Waals surface area contributed by atoms with Crippen molar-refractivity contribution in [2.75, 3.05) is 6.61 Å². The largest absolute Gasteiger partial charge is 0.374 e. The van der Waals surface area contributed by atoms with Crippen LogP contribution in [-0.4, -0.2) is 28.0 Å². The van der Waals surface area contributed by atoms with Gasteiger partial charge in [0.2, 0.25) is 0 Å². The molecule has 4 nitrogen and oxygen atoms in total. The minimum absolute atomic E-state index is 0.0799. The Labute approximate surface area is 104 Å². The number of hydrogen-bond donors (Lipinski definition) is 1. The van der Waals surface area contributed by atoms with Gasteiger partial charge in [0.25, 0.3) is 0 Å². The van der Waals surface area contributed by atoms with E-state index in [9.17, 15) is 0 Å². The third-order valence-electron chi connectivity index (χ3n) is 2.33. The zero-order valence-corrected chi connectivity index (χ0v) is 11.7. The molecule has 1 N–H and O–H groups in total. The maximum Gasteiger partial charge on any atom is 0.0669 e. The molecule has 0 aliphatic carbocycles. The van der Waals surface area contributed by atoms with Gasteiger partial charge in [0.15, 0.2) is 0 Å². The summed E-state index contributed by atoms with van der Waals surface area (Å²) >= 11 is 0. The molecule has 98 valence electrons. The van der Waals surface area contributed by atoms with E-state index in [4.69, 9.17) is 4.74 Å². The molecule has 1 heterocycles. The van der Waals surface area contributed by atoms with Crippen LogP contribution in [0.3, 0.4) is 0 Å². The number of ether oxygens (including phenoxy) is 1. The van der Waals surface area contributed by atoms with Crippen molar-refractivity contribution >= 4 is 0 Å². The standard InChI is InChI=1S/C13H25N3O/c1-11(2)14-10-12-6-7-15-16(12)8-9-17-13(3,4)5/h6-7,11,14H,8-10H2,1-5H3. The first kappa shape index (κ1) is 14.2. The van der Waals surface area contributed by atoms with E-state index in [0.717, 1.165) is 13.1 Å². The topological polar surface area (TPSA) is 39.1 Å². The summed E-state index contributed by atoms with van der Waals surface area (Å²) in [6.45, 7) is 12.8. The Balaban J connectivity index is 2.40. The van der Waals surface area contributed by atoms with Crippen LogP contribution < -0.4 is 5.32 Å². The van der Waals surface area contributed by atoms with Crippen LogP contribution in [0.1, 0.15) is 40.3 Å². The molecule has 0 bridgehead atoms. The van der Waals surface area contributed by atoms with E-state index in [1.807, 2.05) is 16.9 Å². The van der Waals surface area contributed by atoms with Crippen LogP contribution >= 0.6 is 0 Å². The molecule has 4 heteroatoms. The Kier molecular flexibility index (Phi) is 5.15. The zero-order chi connectivity index (χ0) is 12.9. The third kappa shape index (κ3) is 5.84. The first-order valence-electron chi connectivity index (χ1n) is 6.26. The number of nitrogens with one attached hydrogen (secondary N) is 1. The number of aromatic nitrogens is 2. The quantitative estimate of drug-likeness (QED) is 0.827. The van der Waals surface area contributed by atoms with Crippen molar-refractivity contribution in [3.8, 4) is 0 Å². The highest BCUT2D eigenvalue weighted by molar-refractivity contribution is 5.00. The Bertz CT molecular complexity index is 326. The molecule has 1 rings (SSSR count). The summed E-state index contributed by atoms with van der Waals surface area (Å²) in [5, 5.41) is 7.70. The summed E-state index contributed by atoms with van der Waals surface area (Å²) < 4.78 is 7.70. The molecule has 0 amide bonds. The molecule has 0 fully saturated rings. The van der Waals surface area contributed by atoms with Crippen molar-refractivity contribution < 1.29 is 4.74 Å². The lowest BCUT2D eigenvalue weighted by molar-refractivity contribution is -0.00818. The molecular weight excluding hydrogens is 214 g/mol. The second-order valence-corrected chi connectivity index (χ2v) is 5.54. The van der Waals surface area contributed by atoms with Crippen LogP contribution in [0.25, 0.3) is 0 Å². The van der Waals surface area contributed by atoms with E-state index in [2.05, 4.69) is 45.0 Å². The maximum absolute atomic E-state index is 5.70. The van der Waals surface area contributed by atoms with Gasteiger partial charge in [-0.15, -0.1) is 0 Å². The molecule has 0 radical (unpaired) electrons. The predicted octanol–water partition coefficient (Wildman–Crippen LogP) is 2.20. The fourth-order valence-corrected chi connectivity index (χ4v) is 1.46. The summed E-state index contributed by atoms with van der Waals surface area (Å²) in [4.78, 5) is 0. The summed E-state index contributed by atoms with van der Waals surface area (Å²) in [6, 6.07) is 2.54. The van der Waals surface area contributed by atoms with Gasteiger partial charge in [-0.05, 0) is 26.8 Å². The van der Waals surface area contributed by atoms with Crippen LogP contribution in [0.5, 0.6) is 0 Å². The van der Waals surface area contributed by atoms with Crippen molar-refractivity contribution in [3.05, 3.63) is 18.0 Å². The highest BCUT2D eigenvalue weighted by Gasteiger charge is 2.10. The van der Waals surface area contributed by atoms with E-state index in [1.165, 1.54) is 5.69 Å². The molecule has 0 atom stereocenters. The lowest BCUT2D eigenvalue weighted by Gasteiger charge is -2.20. The van der Waals surface area contributed by atoms with Crippen molar-refractivity contribution in [1.29, 1.82) is 0 Å². The minimum atomic E-state index is -0.0799. The average Bonchev–Trinajstić information content (AvgIpc) is 2.60. The van der Waals surface area contributed by atoms with Gasteiger partial charge >= 0.3 is 0 Å². The molecule has 0 aliphatic heterocycles. The fourth-order valence-electron chi connectivity index (χ4n) is 1.46. The lowest BCUT2D eigenvalue weighted by atomic mass is 10.2. The van der Waals surface area contributed by atoms with Gasteiger partial charge in [0, 0.05) is 18.8 Å². The Morgan fingerprint density at radius 3 is 2.71 bits per heavy atom. The van der Waals surface area contributed by atoms with Crippen molar-refractivity contribution in [3.63, 3.8) is 0 Å². The lowest BCUT2D eigenvalue weighted by Crippen LogP contribution is -2.25. The predicted molar refractivity (Wildman–Crippen MR) is 69.9 cm³/mol. The highest BCUT2D eigenvalue weighted by Crippen LogP contribution is 2.07. The molecule has 0 spiro atoms. The Morgan fingerprint density at radius 2 is 2.12 bits per heavy atom. The molecule has 0 saturated carbocycles. The average molecular weight is 239 g/mol. The van der Waals surface area contributed by atoms with Crippen LogP contribution in [0.2, 0.25) is 0 Å². The normalized spacial score (nSPS) is 12.4. The van der Waals surface area contributed by atoms with Crippen LogP contribution in [0.4, 0.5) is 0 Å². The van der Waals surface area contributed by atoms with E-state index < -0.39 is 0 Å². The van der Waals surface area contributed by atoms with Crippen molar-refractivity contribution in [2.24, 2.45) is 0 Å². The molecule has 0 aliphatic rings. The second-order valence-electron chi connectivity index (χ2n) is 5.54. The molecule has 1 aromatic heterocycles. The van der Waals surface area contributed by atoms with E-state index >= 15 is 0 Å². The SMILES string of the molecule is CC(C)NCc1ccnn1CCOC(C)(C)C. The van der Waals surface area contributed by atoms with Gasteiger partial charge < -0.3 is 10.1 Å². The smallest absolute Gasteiger partial charge is 0.0669 e. The van der Waals surface area contributed by atoms with Crippen LogP contribution in [0, 0.1) is 0 Å². The second kappa shape index (κ2) is 6.17. The van der Waals surface area contributed by atoms with Gasteiger partial charge in [0.1, 0.15) is 0 Å². The Hall–Kier alpha value is -0.870. The molecule has 17 heavy (non-hydrogen) atoms. The van der Waals surface area contributed by atoms with Crippen LogP contribution in [0.15, 0.2) is 12.3 Å². The fraction of sp³-hybridized carbons (Fsp3) is 0.769. The van der Waals surface area contributed by atoms with Crippen molar-refractivity contribution in [2.45, 2.75) is 59.4 Å².